The molecule has 0 aromatic heterocycles. The zero-order chi connectivity index (χ0) is 22.1. The van der Waals surface area contributed by atoms with E-state index in [0.29, 0.717) is 10.6 Å². The third kappa shape index (κ3) is 6.26. The second-order valence-corrected chi connectivity index (χ2v) is 7.28. The van der Waals surface area contributed by atoms with Crippen LogP contribution in [0.5, 0.6) is 5.75 Å². The minimum atomic E-state index is 0.122. The molecule has 3 rings (SSSR count). The first-order valence-corrected chi connectivity index (χ1v) is 10.4. The van der Waals surface area contributed by atoms with Gasteiger partial charge in [0.2, 0.25) is 0 Å². The van der Waals surface area contributed by atoms with Crippen LogP contribution in [-0.2, 0) is 6.42 Å². The maximum atomic E-state index is 9.55. The second kappa shape index (κ2) is 11.1. The fraction of sp³-hybridized carbons (Fsp3) is 0.160. The summed E-state index contributed by atoms with van der Waals surface area (Å²) in [6.07, 6.45) is 12.1. The number of benzene rings is 2. The van der Waals surface area contributed by atoms with E-state index in [1.165, 1.54) is 11.6 Å². The lowest BCUT2D eigenvalue weighted by Crippen LogP contribution is -2.35. The lowest BCUT2D eigenvalue weighted by Gasteiger charge is -2.09. The number of nitrogens with zero attached hydrogens (tertiary/aromatic N) is 1. The van der Waals surface area contributed by atoms with Crippen LogP contribution in [0.1, 0.15) is 42.5 Å². The van der Waals surface area contributed by atoms with Crippen LogP contribution >= 0.6 is 11.6 Å². The molecule has 0 saturated carbocycles. The lowest BCUT2D eigenvalue weighted by molar-refractivity contribution is 0.475. The Hall–Kier alpha value is -3.46. The lowest BCUT2D eigenvalue weighted by atomic mass is 9.96. The highest BCUT2D eigenvalue weighted by molar-refractivity contribution is 6.31. The smallest absolute Gasteiger partial charge is 0.170 e. The van der Waals surface area contributed by atoms with Crippen molar-refractivity contribution < 1.29 is 5.11 Å². The summed E-state index contributed by atoms with van der Waals surface area (Å²) in [5, 5.41) is 14.2. The fourth-order valence-electron chi connectivity index (χ4n) is 3.08. The summed E-state index contributed by atoms with van der Waals surface area (Å²) in [5.41, 5.74) is 13.4. The van der Waals surface area contributed by atoms with Gasteiger partial charge < -0.3 is 5.11 Å². The number of halogens is 1. The molecule has 0 fully saturated rings. The summed E-state index contributed by atoms with van der Waals surface area (Å²) in [7, 11) is 0. The highest BCUT2D eigenvalue weighted by Gasteiger charge is 2.11. The van der Waals surface area contributed by atoms with E-state index >= 15 is 0 Å². The molecule has 2 aromatic carbocycles. The van der Waals surface area contributed by atoms with E-state index in [9.17, 15) is 5.11 Å². The van der Waals surface area contributed by atoms with E-state index in [-0.39, 0.29) is 5.75 Å². The van der Waals surface area contributed by atoms with Gasteiger partial charge in [0.15, 0.2) is 5.84 Å². The molecular formula is C25H25ClN4O. The molecule has 0 bridgehead atoms. The predicted octanol–water partition coefficient (Wildman–Crippen LogP) is 4.73. The average Bonchev–Trinajstić information content (AvgIpc) is 3.30. The van der Waals surface area contributed by atoms with E-state index in [1.54, 1.807) is 12.1 Å². The molecule has 1 aliphatic heterocycles. The van der Waals surface area contributed by atoms with Gasteiger partial charge in [-0.1, -0.05) is 53.8 Å². The van der Waals surface area contributed by atoms with E-state index in [1.807, 2.05) is 44.2 Å². The number of rotatable bonds is 6. The molecule has 0 spiro atoms. The van der Waals surface area contributed by atoms with Crippen molar-refractivity contribution in [2.75, 3.05) is 0 Å². The molecule has 0 radical (unpaired) electrons. The minimum absolute atomic E-state index is 0.122. The zero-order valence-corrected chi connectivity index (χ0v) is 18.3. The number of hydrazone groups is 1. The molecule has 4 N–H and O–H groups in total. The van der Waals surface area contributed by atoms with Gasteiger partial charge in [0.25, 0.3) is 0 Å². The number of nitrogens with one attached hydrogen (secondary N) is 3. The van der Waals surface area contributed by atoms with Crippen LogP contribution < -0.4 is 16.5 Å². The van der Waals surface area contributed by atoms with Crippen LogP contribution in [0, 0.1) is 11.8 Å². The van der Waals surface area contributed by atoms with Crippen molar-refractivity contribution in [3.05, 3.63) is 99.6 Å². The van der Waals surface area contributed by atoms with Crippen molar-refractivity contribution in [1.82, 2.24) is 16.5 Å². The Morgan fingerprint density at radius 1 is 1.10 bits per heavy atom. The minimum Gasteiger partial charge on any atom is -0.508 e. The summed E-state index contributed by atoms with van der Waals surface area (Å²) < 4.78 is 0. The quantitative estimate of drug-likeness (QED) is 0.393. The molecule has 158 valence electrons. The molecule has 0 unspecified atom stereocenters. The highest BCUT2D eigenvalue weighted by Crippen LogP contribution is 2.22. The molecule has 2 aromatic rings. The van der Waals surface area contributed by atoms with Crippen molar-refractivity contribution in [2.45, 2.75) is 26.7 Å². The second-order valence-electron chi connectivity index (χ2n) is 6.88. The summed E-state index contributed by atoms with van der Waals surface area (Å²) in [4.78, 5) is 0. The van der Waals surface area contributed by atoms with Crippen molar-refractivity contribution >= 4 is 17.4 Å². The Labute approximate surface area is 188 Å². The summed E-state index contributed by atoms with van der Waals surface area (Å²) in [6.45, 7) is 4.03. The summed E-state index contributed by atoms with van der Waals surface area (Å²) in [5.74, 6) is 7.22. The van der Waals surface area contributed by atoms with E-state index in [2.05, 4.69) is 51.7 Å². The maximum Gasteiger partial charge on any atom is 0.170 e. The van der Waals surface area contributed by atoms with Crippen LogP contribution in [0.3, 0.4) is 0 Å². The van der Waals surface area contributed by atoms with Crippen molar-refractivity contribution in [3.63, 3.8) is 0 Å². The number of hydrogen-bond donors (Lipinski definition) is 4. The Bertz CT molecular complexity index is 1120. The van der Waals surface area contributed by atoms with Gasteiger partial charge in [-0.05, 0) is 74.2 Å². The number of aromatic hydroxyl groups is 1. The molecule has 0 aliphatic carbocycles. The maximum absolute atomic E-state index is 9.55. The van der Waals surface area contributed by atoms with E-state index in [4.69, 9.17) is 11.6 Å². The number of phenolic OH excluding ortho intramolecular Hbond substituents is 1. The normalized spacial score (nSPS) is 13.6. The molecule has 0 atom stereocenters. The third-order valence-corrected chi connectivity index (χ3v) is 4.95. The van der Waals surface area contributed by atoms with Crippen molar-refractivity contribution in [3.8, 4) is 17.6 Å². The first-order chi connectivity index (χ1) is 15.1. The molecule has 6 heteroatoms. The van der Waals surface area contributed by atoms with E-state index < -0.39 is 0 Å². The van der Waals surface area contributed by atoms with Gasteiger partial charge in [-0.25, -0.2) is 5.53 Å². The predicted molar refractivity (Wildman–Crippen MR) is 128 cm³/mol. The Morgan fingerprint density at radius 2 is 1.90 bits per heavy atom. The van der Waals surface area contributed by atoms with Gasteiger partial charge in [-0.2, -0.15) is 0 Å². The molecule has 5 nitrogen and oxygen atoms in total. The monoisotopic (exact) mass is 432 g/mol. The van der Waals surface area contributed by atoms with Crippen LogP contribution in [0.25, 0.3) is 0 Å². The van der Waals surface area contributed by atoms with Crippen LogP contribution in [0.15, 0.2) is 77.5 Å². The zero-order valence-electron chi connectivity index (χ0n) is 17.5. The topological polar surface area (TPSA) is 68.7 Å². The molecule has 1 heterocycles. The summed E-state index contributed by atoms with van der Waals surface area (Å²) in [6, 6.07) is 10.9. The molecule has 31 heavy (non-hydrogen) atoms. The number of hydrogen-bond acceptors (Lipinski definition) is 5. The van der Waals surface area contributed by atoms with Gasteiger partial charge in [0, 0.05) is 16.7 Å². The Kier molecular flexibility index (Phi) is 7.94. The molecular weight excluding hydrogens is 408 g/mol. The van der Waals surface area contributed by atoms with Crippen LogP contribution in [0.4, 0.5) is 0 Å². The highest BCUT2D eigenvalue weighted by atomic mass is 35.5. The Balaban J connectivity index is 1.94. The van der Waals surface area contributed by atoms with Crippen molar-refractivity contribution in [1.29, 1.82) is 0 Å². The molecule has 0 saturated heterocycles. The first-order valence-electron chi connectivity index (χ1n) is 10.0. The first kappa shape index (κ1) is 22.2. The third-order valence-electron chi connectivity index (χ3n) is 4.63. The number of aryl methyl sites for hydroxylation is 1. The average molecular weight is 433 g/mol. The number of hydrazine groups is 2. The SMILES string of the molecule is C\C=C/C=C(\C=C/C)CCc1cc(C2=NNNN2)ccc1C#Cc1ccc(O)cc1Cl. The van der Waals surface area contributed by atoms with Gasteiger partial charge in [-0.3, -0.25) is 5.43 Å². The molecule has 0 amide bonds. The van der Waals surface area contributed by atoms with Crippen LogP contribution in [-0.4, -0.2) is 10.9 Å². The largest absolute Gasteiger partial charge is 0.508 e. The van der Waals surface area contributed by atoms with Gasteiger partial charge in [0.05, 0.1) is 5.02 Å². The number of allylic oxidation sites excluding steroid dienone is 6. The van der Waals surface area contributed by atoms with Crippen LogP contribution in [0.2, 0.25) is 5.02 Å². The molecule has 1 aliphatic rings. The van der Waals surface area contributed by atoms with E-state index in [0.717, 1.165) is 35.4 Å². The van der Waals surface area contributed by atoms with Crippen molar-refractivity contribution in [2.24, 2.45) is 5.10 Å². The fourth-order valence-corrected chi connectivity index (χ4v) is 3.30. The van der Waals surface area contributed by atoms with Gasteiger partial charge in [-0.15, -0.1) is 10.6 Å². The number of phenols is 1. The van der Waals surface area contributed by atoms with Gasteiger partial charge >= 0.3 is 0 Å². The summed E-state index contributed by atoms with van der Waals surface area (Å²) >= 11 is 6.21. The Morgan fingerprint density at radius 3 is 2.61 bits per heavy atom. The van der Waals surface area contributed by atoms with Gasteiger partial charge in [0.1, 0.15) is 5.75 Å². The standard InChI is InChI=1S/C25H25ClN4O/c1-3-5-7-18(6-4-2)8-9-21-16-22(25-27-29-30-28-25)13-11-19(21)10-12-20-14-15-23(31)17-24(20)26/h3-7,11,13-17,29-31H,8-9H2,1-2H3,(H,27,28)/b5-3-,6-4-,18-7+. The number of amidine groups is 1.